The van der Waals surface area contributed by atoms with Crippen LogP contribution >= 0.6 is 0 Å². The van der Waals surface area contributed by atoms with E-state index in [1.807, 2.05) is 0 Å². The summed E-state index contributed by atoms with van der Waals surface area (Å²) in [5.74, 6) is 0. The van der Waals surface area contributed by atoms with Gasteiger partial charge in [-0.05, 0) is 0 Å². The molecule has 4 heavy (non-hydrogen) atoms. The fraction of sp³-hybridized carbons (Fsp3) is 0. The summed E-state index contributed by atoms with van der Waals surface area (Å²) in [4.78, 5) is 0. The van der Waals surface area contributed by atoms with E-state index in [1.54, 1.807) is 0 Å². The van der Waals surface area contributed by atoms with Crippen LogP contribution in [0.1, 0.15) is 0 Å². The average molecular weight is 159 g/mol. The zero-order chi connectivity index (χ0) is 0. The Morgan fingerprint density at radius 1 is 1.00 bits per heavy atom. The summed E-state index contributed by atoms with van der Waals surface area (Å²) in [5, 5.41) is 0. The molecule has 0 aliphatic carbocycles. The van der Waals surface area contributed by atoms with Crippen molar-refractivity contribution in [1.29, 1.82) is 0 Å². The summed E-state index contributed by atoms with van der Waals surface area (Å²) in [7, 11) is 0. The van der Waals surface area contributed by atoms with Gasteiger partial charge in [-0.3, -0.25) is 0 Å². The smallest absolute Gasteiger partial charge is 0 e. The molecule has 0 unspecified atom stereocenters. The van der Waals surface area contributed by atoms with Crippen LogP contribution in [-0.4, -0.2) is 34.0 Å². The second-order valence-electron chi connectivity index (χ2n) is 0. The molecule has 0 fully saturated rings. The van der Waals surface area contributed by atoms with Gasteiger partial charge < -0.3 is 0 Å². The Bertz CT molecular complexity index is 8.00. The van der Waals surface area contributed by atoms with Gasteiger partial charge in [0.15, 0.2) is 0 Å². The number of rotatable bonds is 0. The second kappa shape index (κ2) is 19.0. The molecule has 0 spiro atoms. The SMILES string of the molecule is [Mg].[Ni].[Si].[Ti]. The van der Waals surface area contributed by atoms with E-state index in [4.69, 9.17) is 0 Å². The average Bonchev–Trinajstić information content (AvgIpc) is 0. The van der Waals surface area contributed by atoms with Crippen LogP contribution < -0.4 is 0 Å². The first kappa shape index (κ1) is 34.8. The van der Waals surface area contributed by atoms with E-state index < -0.39 is 0 Å². The Labute approximate surface area is 71.5 Å². The molecule has 0 aromatic rings. The van der Waals surface area contributed by atoms with Gasteiger partial charge in [0.1, 0.15) is 0 Å². The van der Waals surface area contributed by atoms with E-state index in [1.165, 1.54) is 0 Å². The Morgan fingerprint density at radius 2 is 1.00 bits per heavy atom. The maximum atomic E-state index is 0. The van der Waals surface area contributed by atoms with Crippen molar-refractivity contribution < 1.29 is 38.2 Å². The van der Waals surface area contributed by atoms with Gasteiger partial charge in [-0.1, -0.05) is 0 Å². The van der Waals surface area contributed by atoms with E-state index in [-0.39, 0.29) is 72.2 Å². The zero-order valence-electron chi connectivity index (χ0n) is 2.02. The minimum Gasteiger partial charge on any atom is 0 e. The molecule has 0 amide bonds. The van der Waals surface area contributed by atoms with Crippen molar-refractivity contribution in [3.63, 3.8) is 0 Å². The van der Waals surface area contributed by atoms with E-state index in [0.717, 1.165) is 0 Å². The van der Waals surface area contributed by atoms with Crippen molar-refractivity contribution in [2.24, 2.45) is 0 Å². The molecule has 0 aromatic carbocycles. The Hall–Kier alpha value is 2.19. The second-order valence-corrected chi connectivity index (χ2v) is 0. The van der Waals surface area contributed by atoms with E-state index >= 15 is 0 Å². The molecule has 0 aliphatic heterocycles. The summed E-state index contributed by atoms with van der Waals surface area (Å²) in [5.41, 5.74) is 0. The maximum Gasteiger partial charge on any atom is 0 e. The summed E-state index contributed by atoms with van der Waals surface area (Å²) in [6.07, 6.45) is 0. The van der Waals surface area contributed by atoms with Gasteiger partial charge in [0, 0.05) is 72.2 Å². The van der Waals surface area contributed by atoms with Crippen molar-refractivity contribution >= 4 is 34.0 Å². The van der Waals surface area contributed by atoms with Crippen LogP contribution in [0.4, 0.5) is 0 Å². The molecule has 6 radical (unpaired) electrons. The van der Waals surface area contributed by atoms with E-state index in [0.29, 0.717) is 0 Å². The van der Waals surface area contributed by atoms with Crippen LogP contribution in [0.15, 0.2) is 0 Å². The maximum absolute atomic E-state index is 0. The molecule has 0 saturated heterocycles. The van der Waals surface area contributed by atoms with Gasteiger partial charge in [0.05, 0.1) is 0 Å². The normalized spacial score (nSPS) is 0. The molecule has 0 nitrogen and oxygen atoms in total. The quantitative estimate of drug-likeness (QED) is 0.407. The van der Waals surface area contributed by atoms with Gasteiger partial charge >= 0.3 is 0 Å². The minimum absolute atomic E-state index is 0. The molecule has 0 atom stereocenters. The summed E-state index contributed by atoms with van der Waals surface area (Å²) in [6, 6.07) is 0. The first-order valence-electron chi connectivity index (χ1n) is 0. The van der Waals surface area contributed by atoms with Crippen molar-refractivity contribution in [1.82, 2.24) is 0 Å². The summed E-state index contributed by atoms with van der Waals surface area (Å²) in [6.45, 7) is 0. The van der Waals surface area contributed by atoms with Crippen LogP contribution in [-0.2, 0) is 38.2 Å². The van der Waals surface area contributed by atoms with Crippen molar-refractivity contribution in [2.75, 3.05) is 0 Å². The van der Waals surface area contributed by atoms with Crippen LogP contribution in [0.3, 0.4) is 0 Å². The van der Waals surface area contributed by atoms with E-state index in [9.17, 15) is 0 Å². The van der Waals surface area contributed by atoms with Crippen LogP contribution in [0.5, 0.6) is 0 Å². The largest absolute Gasteiger partial charge is 0 e. The molecule has 0 saturated carbocycles. The molecule has 0 bridgehead atoms. The minimum atomic E-state index is 0. The van der Waals surface area contributed by atoms with Gasteiger partial charge in [0.25, 0.3) is 0 Å². The topological polar surface area (TPSA) is 0 Å². The molecule has 0 heterocycles. The fourth-order valence-corrected chi connectivity index (χ4v) is 0. The first-order chi connectivity index (χ1) is 0. The first-order valence-corrected chi connectivity index (χ1v) is 0. The molecule has 20 valence electrons. The zero-order valence-corrected chi connectivity index (χ0v) is 6.99. The van der Waals surface area contributed by atoms with Crippen molar-refractivity contribution in [2.45, 2.75) is 0 Å². The predicted octanol–water partition coefficient (Wildman–Crippen LogP) is -0.767. The fourth-order valence-electron chi connectivity index (χ4n) is 0. The standard InChI is InChI=1S/Mg.Ni.Si.Ti. The molecule has 0 rings (SSSR count). The Morgan fingerprint density at radius 3 is 1.00 bits per heavy atom. The molecule has 0 N–H and O–H groups in total. The van der Waals surface area contributed by atoms with Crippen LogP contribution in [0.25, 0.3) is 0 Å². The third-order valence-electron chi connectivity index (χ3n) is 0. The molecular formula is MgNiSiTi. The molecule has 0 aliphatic rings. The van der Waals surface area contributed by atoms with Gasteiger partial charge in [-0.15, -0.1) is 0 Å². The number of hydrogen-bond donors (Lipinski definition) is 0. The van der Waals surface area contributed by atoms with Crippen LogP contribution in [0, 0.1) is 0 Å². The van der Waals surface area contributed by atoms with Crippen molar-refractivity contribution in [3.05, 3.63) is 0 Å². The van der Waals surface area contributed by atoms with Crippen LogP contribution in [0.2, 0.25) is 0 Å². The molecular weight excluding hydrogens is 159 g/mol. The monoisotopic (exact) mass is 158 g/mol. The van der Waals surface area contributed by atoms with E-state index in [2.05, 4.69) is 0 Å². The van der Waals surface area contributed by atoms with Gasteiger partial charge in [-0.25, -0.2) is 0 Å². The predicted molar refractivity (Wildman–Crippen MR) is 11.5 cm³/mol. The third kappa shape index (κ3) is 8.89. The number of hydrogen-bond acceptors (Lipinski definition) is 0. The summed E-state index contributed by atoms with van der Waals surface area (Å²) < 4.78 is 0. The Kier molecular flexibility index (Phi) is 165. The van der Waals surface area contributed by atoms with Crippen molar-refractivity contribution in [3.8, 4) is 0 Å². The Balaban J connectivity index is 0. The molecule has 0 aromatic heterocycles. The summed E-state index contributed by atoms with van der Waals surface area (Å²) >= 11 is 0. The molecule has 4 heteroatoms. The third-order valence-corrected chi connectivity index (χ3v) is 0. The van der Waals surface area contributed by atoms with Gasteiger partial charge in [-0.2, -0.15) is 0 Å². The van der Waals surface area contributed by atoms with Gasteiger partial charge in [0.2, 0.25) is 0 Å².